The van der Waals surface area contributed by atoms with Gasteiger partial charge in [0.05, 0.1) is 12.6 Å². The van der Waals surface area contributed by atoms with E-state index in [1.54, 1.807) is 43.5 Å². The highest BCUT2D eigenvalue weighted by Crippen LogP contribution is 2.21. The van der Waals surface area contributed by atoms with Gasteiger partial charge < -0.3 is 19.4 Å². The molecule has 0 radical (unpaired) electrons. The summed E-state index contributed by atoms with van der Waals surface area (Å²) in [5, 5.41) is 2.47. The molecule has 0 unspecified atom stereocenters. The second kappa shape index (κ2) is 9.85. The molecule has 1 heterocycles. The first kappa shape index (κ1) is 21.4. The van der Waals surface area contributed by atoms with E-state index in [0.717, 1.165) is 11.4 Å². The van der Waals surface area contributed by atoms with E-state index in [2.05, 4.69) is 5.32 Å². The molecule has 7 nitrogen and oxygen atoms in total. The van der Waals surface area contributed by atoms with E-state index in [-0.39, 0.29) is 30.9 Å². The van der Waals surface area contributed by atoms with Crippen LogP contribution in [0.2, 0.25) is 0 Å². The fourth-order valence-corrected chi connectivity index (χ4v) is 3.17. The first-order chi connectivity index (χ1) is 13.3. The summed E-state index contributed by atoms with van der Waals surface area (Å²) in [6.07, 6.45) is 0. The molecule has 1 N–H and O–H groups in total. The number of nitrogens with zero attached hydrogens (tertiary/aromatic N) is 1. The molecule has 2 aromatic rings. The summed E-state index contributed by atoms with van der Waals surface area (Å²) >= 11 is 0. The molecule has 0 saturated heterocycles. The minimum atomic E-state index is -0.667. The first-order valence-corrected chi connectivity index (χ1v) is 9.04. The normalized spacial score (nSPS) is 11.7. The quantitative estimate of drug-likeness (QED) is 0.528. The summed E-state index contributed by atoms with van der Waals surface area (Å²) in [4.78, 5) is 36.2. The van der Waals surface area contributed by atoms with E-state index in [0.29, 0.717) is 17.7 Å². The van der Waals surface area contributed by atoms with E-state index in [1.165, 1.54) is 0 Å². The lowest BCUT2D eigenvalue weighted by Gasteiger charge is -2.17. The molecule has 0 aliphatic heterocycles. The SMILES string of the molecule is COC[C@@H](C)n1c(C)cc(C(=O)COC(=O)CNC(=O)c2ccccc2)c1C. The monoisotopic (exact) mass is 386 g/mol. The second-order valence-electron chi connectivity index (χ2n) is 6.59. The molecule has 0 spiro atoms. The molecule has 0 fully saturated rings. The third-order valence-corrected chi connectivity index (χ3v) is 4.43. The number of ether oxygens (including phenoxy) is 2. The molecule has 0 bridgehead atoms. The number of ketones is 1. The van der Waals surface area contributed by atoms with Crippen molar-refractivity contribution in [2.45, 2.75) is 26.8 Å². The number of rotatable bonds is 9. The number of nitrogens with one attached hydrogen (secondary N) is 1. The van der Waals surface area contributed by atoms with Gasteiger partial charge in [-0.2, -0.15) is 0 Å². The highest BCUT2D eigenvalue weighted by atomic mass is 16.5. The predicted octanol–water partition coefficient (Wildman–Crippen LogP) is 2.47. The number of esters is 1. The Kier molecular flexibility index (Phi) is 7.52. The maximum Gasteiger partial charge on any atom is 0.325 e. The smallest absolute Gasteiger partial charge is 0.325 e. The number of aromatic nitrogens is 1. The summed E-state index contributed by atoms with van der Waals surface area (Å²) < 4.78 is 12.2. The Morgan fingerprint density at radius 3 is 2.46 bits per heavy atom. The largest absolute Gasteiger partial charge is 0.456 e. The van der Waals surface area contributed by atoms with Crippen LogP contribution in [0.5, 0.6) is 0 Å². The van der Waals surface area contributed by atoms with Gasteiger partial charge in [0, 0.05) is 29.6 Å². The van der Waals surface area contributed by atoms with Gasteiger partial charge in [-0.05, 0) is 39.0 Å². The lowest BCUT2D eigenvalue weighted by Crippen LogP contribution is -2.31. The van der Waals surface area contributed by atoms with Crippen LogP contribution in [0, 0.1) is 13.8 Å². The van der Waals surface area contributed by atoms with Crippen LogP contribution in [0.25, 0.3) is 0 Å². The maximum absolute atomic E-state index is 12.5. The van der Waals surface area contributed by atoms with Crippen molar-refractivity contribution >= 4 is 17.7 Å². The van der Waals surface area contributed by atoms with Crippen molar-refractivity contribution in [1.82, 2.24) is 9.88 Å². The number of carbonyl (C=O) groups is 3. The third kappa shape index (κ3) is 5.29. The zero-order valence-electron chi connectivity index (χ0n) is 16.7. The van der Waals surface area contributed by atoms with Crippen LogP contribution >= 0.6 is 0 Å². The summed E-state index contributed by atoms with van der Waals surface area (Å²) in [5.74, 6) is -1.33. The Morgan fingerprint density at radius 1 is 1.14 bits per heavy atom. The lowest BCUT2D eigenvalue weighted by molar-refractivity contribution is -0.141. The van der Waals surface area contributed by atoms with Crippen molar-refractivity contribution in [3.63, 3.8) is 0 Å². The van der Waals surface area contributed by atoms with Gasteiger partial charge in [0.25, 0.3) is 5.91 Å². The summed E-state index contributed by atoms with van der Waals surface area (Å²) in [6, 6.07) is 10.4. The van der Waals surface area contributed by atoms with Crippen molar-refractivity contribution < 1.29 is 23.9 Å². The Hall–Kier alpha value is -2.93. The Balaban J connectivity index is 1.89. The maximum atomic E-state index is 12.5. The van der Waals surface area contributed by atoms with Crippen molar-refractivity contribution in [1.29, 1.82) is 0 Å². The fraction of sp³-hybridized carbons (Fsp3) is 0.381. The summed E-state index contributed by atoms with van der Waals surface area (Å²) in [5.41, 5.74) is 2.71. The van der Waals surface area contributed by atoms with Gasteiger partial charge in [0.15, 0.2) is 6.61 Å². The highest BCUT2D eigenvalue weighted by molar-refractivity contribution is 6.00. The fourth-order valence-electron chi connectivity index (χ4n) is 3.17. The number of carbonyl (C=O) groups excluding carboxylic acids is 3. The topological polar surface area (TPSA) is 86.6 Å². The van der Waals surface area contributed by atoms with Gasteiger partial charge in [-0.3, -0.25) is 14.4 Å². The minimum absolute atomic E-state index is 0.0855. The summed E-state index contributed by atoms with van der Waals surface area (Å²) in [7, 11) is 1.63. The van der Waals surface area contributed by atoms with Crippen LogP contribution in [0.15, 0.2) is 36.4 Å². The minimum Gasteiger partial charge on any atom is -0.456 e. The molecule has 2 rings (SSSR count). The average molecular weight is 386 g/mol. The number of methoxy groups -OCH3 is 1. The zero-order chi connectivity index (χ0) is 20.7. The highest BCUT2D eigenvalue weighted by Gasteiger charge is 2.20. The number of aryl methyl sites for hydroxylation is 1. The van der Waals surface area contributed by atoms with Crippen LogP contribution < -0.4 is 5.32 Å². The zero-order valence-corrected chi connectivity index (χ0v) is 16.7. The molecule has 28 heavy (non-hydrogen) atoms. The van der Waals surface area contributed by atoms with Crippen LogP contribution in [0.4, 0.5) is 0 Å². The molecule has 1 atom stereocenters. The van der Waals surface area contributed by atoms with Crippen molar-refractivity contribution in [3.05, 3.63) is 58.9 Å². The molecule has 150 valence electrons. The average Bonchev–Trinajstić information content (AvgIpc) is 2.99. The molecular formula is C21H26N2O5. The van der Waals surface area contributed by atoms with Gasteiger partial charge in [-0.25, -0.2) is 0 Å². The number of hydrogen-bond acceptors (Lipinski definition) is 5. The Bertz CT molecular complexity index is 842. The van der Waals surface area contributed by atoms with E-state index < -0.39 is 5.97 Å². The Morgan fingerprint density at radius 2 is 1.82 bits per heavy atom. The van der Waals surface area contributed by atoms with E-state index in [4.69, 9.17) is 9.47 Å². The summed E-state index contributed by atoms with van der Waals surface area (Å²) in [6.45, 7) is 5.64. The van der Waals surface area contributed by atoms with Crippen LogP contribution in [-0.2, 0) is 14.3 Å². The van der Waals surface area contributed by atoms with Crippen molar-refractivity contribution in [2.24, 2.45) is 0 Å². The van der Waals surface area contributed by atoms with Crippen molar-refractivity contribution in [3.8, 4) is 0 Å². The molecule has 0 aliphatic rings. The van der Waals surface area contributed by atoms with E-state index >= 15 is 0 Å². The van der Waals surface area contributed by atoms with Crippen LogP contribution in [-0.4, -0.2) is 49.1 Å². The van der Waals surface area contributed by atoms with Gasteiger partial charge >= 0.3 is 5.97 Å². The third-order valence-electron chi connectivity index (χ3n) is 4.43. The predicted molar refractivity (Wildman–Crippen MR) is 105 cm³/mol. The molecule has 1 aromatic heterocycles. The van der Waals surface area contributed by atoms with Gasteiger partial charge in [0.2, 0.25) is 5.78 Å². The molecule has 0 saturated carbocycles. The van der Waals surface area contributed by atoms with Crippen LogP contribution in [0.1, 0.15) is 45.1 Å². The van der Waals surface area contributed by atoms with Crippen molar-refractivity contribution in [2.75, 3.05) is 26.9 Å². The second-order valence-corrected chi connectivity index (χ2v) is 6.59. The van der Waals surface area contributed by atoms with Crippen LogP contribution in [0.3, 0.4) is 0 Å². The lowest BCUT2D eigenvalue weighted by atomic mass is 10.1. The molecular weight excluding hydrogens is 360 g/mol. The molecule has 1 aromatic carbocycles. The molecule has 7 heteroatoms. The Labute approximate surface area is 164 Å². The number of Topliss-reactive ketones (excluding diaryl/α,β-unsaturated/α-hetero) is 1. The molecule has 1 amide bonds. The standard InChI is InChI=1S/C21H26N2O5/c1-14-10-18(16(3)23(14)15(2)12-27-4)19(24)13-28-20(25)11-22-21(26)17-8-6-5-7-9-17/h5-10,15H,11-13H2,1-4H3,(H,22,26)/t15-/m1/s1. The number of hydrogen-bond donors (Lipinski definition) is 1. The first-order valence-electron chi connectivity index (χ1n) is 9.04. The number of amides is 1. The number of benzene rings is 1. The van der Waals surface area contributed by atoms with Gasteiger partial charge in [0.1, 0.15) is 6.54 Å². The van der Waals surface area contributed by atoms with E-state index in [9.17, 15) is 14.4 Å². The van der Waals surface area contributed by atoms with Gasteiger partial charge in [-0.15, -0.1) is 0 Å². The van der Waals surface area contributed by atoms with Gasteiger partial charge in [-0.1, -0.05) is 18.2 Å². The molecule has 0 aliphatic carbocycles. The van der Waals surface area contributed by atoms with E-state index in [1.807, 2.05) is 25.3 Å².